The Morgan fingerprint density at radius 3 is 2.71 bits per heavy atom. The highest BCUT2D eigenvalue weighted by Crippen LogP contribution is 2.31. The molecule has 0 atom stereocenters. The molecule has 76 valence electrons. The summed E-state index contributed by atoms with van der Waals surface area (Å²) in [4.78, 5) is 11.1. The Kier molecular flexibility index (Phi) is 2.32. The van der Waals surface area contributed by atoms with Crippen molar-refractivity contribution in [3.63, 3.8) is 0 Å². The van der Waals surface area contributed by atoms with Crippen LogP contribution in [-0.4, -0.2) is 9.67 Å². The van der Waals surface area contributed by atoms with Crippen molar-refractivity contribution in [2.24, 2.45) is 0 Å². The van der Waals surface area contributed by atoms with Gasteiger partial charge in [-0.1, -0.05) is 12.8 Å². The molecule has 1 aliphatic carbocycles. The monoisotopic (exact) mass is 193 g/mol. The van der Waals surface area contributed by atoms with Gasteiger partial charge in [0.1, 0.15) is 0 Å². The van der Waals surface area contributed by atoms with Gasteiger partial charge in [-0.3, -0.25) is 4.79 Å². The van der Waals surface area contributed by atoms with Crippen molar-refractivity contribution in [3.05, 3.63) is 28.2 Å². The van der Waals surface area contributed by atoms with Gasteiger partial charge in [0.25, 0.3) is 0 Å². The third-order valence-corrected chi connectivity index (χ3v) is 3.07. The molecule has 3 heteroatoms. The predicted octanol–water partition coefficient (Wildman–Crippen LogP) is 1.98. The van der Waals surface area contributed by atoms with E-state index in [1.807, 2.05) is 4.57 Å². The first-order valence-corrected chi connectivity index (χ1v) is 5.11. The normalized spacial score (nSPS) is 17.5. The molecule has 1 N–H and O–H groups in total. The maximum atomic E-state index is 11.1. The van der Waals surface area contributed by atoms with E-state index in [1.54, 1.807) is 13.1 Å². The van der Waals surface area contributed by atoms with E-state index in [0.717, 1.165) is 12.8 Å². The summed E-state index contributed by atoms with van der Waals surface area (Å²) in [6.45, 7) is 1.80. The van der Waals surface area contributed by atoms with Gasteiger partial charge in [0.15, 0.2) is 5.75 Å². The highest BCUT2D eigenvalue weighted by molar-refractivity contribution is 5.25. The summed E-state index contributed by atoms with van der Waals surface area (Å²) in [7, 11) is 0. The molecule has 0 amide bonds. The lowest BCUT2D eigenvalue weighted by atomic mass is 10.2. The fourth-order valence-electron chi connectivity index (χ4n) is 2.22. The molecular weight excluding hydrogens is 178 g/mol. The quantitative estimate of drug-likeness (QED) is 0.741. The summed E-state index contributed by atoms with van der Waals surface area (Å²) in [5.74, 6) is -0.0978. The number of nitrogens with zero attached hydrogens (tertiary/aromatic N) is 1. The van der Waals surface area contributed by atoms with Crippen LogP contribution >= 0.6 is 0 Å². The molecule has 14 heavy (non-hydrogen) atoms. The van der Waals surface area contributed by atoms with Gasteiger partial charge in [-0.05, 0) is 19.8 Å². The van der Waals surface area contributed by atoms with Gasteiger partial charge < -0.3 is 9.67 Å². The summed E-state index contributed by atoms with van der Waals surface area (Å²) in [6.07, 6.45) is 6.60. The number of rotatable bonds is 1. The van der Waals surface area contributed by atoms with Gasteiger partial charge in [-0.25, -0.2) is 0 Å². The van der Waals surface area contributed by atoms with Crippen molar-refractivity contribution in [1.29, 1.82) is 0 Å². The minimum atomic E-state index is -0.281. The van der Waals surface area contributed by atoms with E-state index in [-0.39, 0.29) is 11.2 Å². The number of aromatic hydroxyl groups is 1. The zero-order valence-electron chi connectivity index (χ0n) is 8.36. The minimum absolute atomic E-state index is 0.0978. The van der Waals surface area contributed by atoms with Crippen molar-refractivity contribution in [3.8, 4) is 5.75 Å². The van der Waals surface area contributed by atoms with Gasteiger partial charge in [0.2, 0.25) is 5.43 Å². The van der Waals surface area contributed by atoms with Crippen LogP contribution in [0.25, 0.3) is 0 Å². The van der Waals surface area contributed by atoms with Crippen molar-refractivity contribution in [1.82, 2.24) is 4.57 Å². The van der Waals surface area contributed by atoms with E-state index in [4.69, 9.17) is 0 Å². The zero-order chi connectivity index (χ0) is 10.1. The summed E-state index contributed by atoms with van der Waals surface area (Å²) in [5.41, 5.74) is 0.418. The smallest absolute Gasteiger partial charge is 0.223 e. The Balaban J connectivity index is 2.43. The molecule has 1 aromatic heterocycles. The van der Waals surface area contributed by atoms with Gasteiger partial charge >= 0.3 is 0 Å². The lowest BCUT2D eigenvalue weighted by Crippen LogP contribution is -2.13. The van der Waals surface area contributed by atoms with Crippen LogP contribution < -0.4 is 5.43 Å². The van der Waals surface area contributed by atoms with Crippen molar-refractivity contribution in [2.45, 2.75) is 38.6 Å². The molecule has 0 bridgehead atoms. The van der Waals surface area contributed by atoms with E-state index in [2.05, 4.69) is 0 Å². The second kappa shape index (κ2) is 3.48. The minimum Gasteiger partial charge on any atom is -0.503 e. The van der Waals surface area contributed by atoms with Crippen molar-refractivity contribution < 1.29 is 5.11 Å². The lowest BCUT2D eigenvalue weighted by molar-refractivity contribution is 0.434. The van der Waals surface area contributed by atoms with Crippen LogP contribution in [0.5, 0.6) is 5.75 Å². The van der Waals surface area contributed by atoms with Crippen LogP contribution in [0.2, 0.25) is 0 Å². The molecule has 1 heterocycles. The molecular formula is C11H15NO2. The molecule has 0 radical (unpaired) electrons. The molecule has 0 spiro atoms. The topological polar surface area (TPSA) is 42.2 Å². The highest BCUT2D eigenvalue weighted by atomic mass is 16.3. The molecule has 0 aromatic carbocycles. The molecule has 0 saturated heterocycles. The van der Waals surface area contributed by atoms with E-state index >= 15 is 0 Å². The number of pyridine rings is 1. The average molecular weight is 193 g/mol. The fraction of sp³-hybridized carbons (Fsp3) is 0.545. The maximum Gasteiger partial charge on any atom is 0.223 e. The number of hydrogen-bond acceptors (Lipinski definition) is 2. The molecule has 2 rings (SSSR count). The van der Waals surface area contributed by atoms with Gasteiger partial charge in [-0.2, -0.15) is 0 Å². The molecule has 1 aromatic rings. The first-order chi connectivity index (χ1) is 6.70. The molecule has 1 saturated carbocycles. The van der Waals surface area contributed by atoms with E-state index in [0.29, 0.717) is 11.7 Å². The summed E-state index contributed by atoms with van der Waals surface area (Å²) in [6, 6.07) is 1.92. The SMILES string of the molecule is Cc1c(O)c(=O)ccn1C1CCCC1. The van der Waals surface area contributed by atoms with Gasteiger partial charge in [0.05, 0.1) is 5.69 Å². The Morgan fingerprint density at radius 1 is 1.43 bits per heavy atom. The van der Waals surface area contributed by atoms with Gasteiger partial charge in [0, 0.05) is 18.3 Å². The Bertz CT molecular complexity index is 389. The van der Waals surface area contributed by atoms with Crippen molar-refractivity contribution in [2.75, 3.05) is 0 Å². The largest absolute Gasteiger partial charge is 0.503 e. The first-order valence-electron chi connectivity index (χ1n) is 5.11. The molecule has 0 unspecified atom stereocenters. The summed E-state index contributed by atoms with van der Waals surface area (Å²) < 4.78 is 2.03. The predicted molar refractivity (Wildman–Crippen MR) is 54.6 cm³/mol. The zero-order valence-corrected chi connectivity index (χ0v) is 8.36. The lowest BCUT2D eigenvalue weighted by Gasteiger charge is -2.17. The van der Waals surface area contributed by atoms with Crippen LogP contribution in [0.15, 0.2) is 17.1 Å². The number of hydrogen-bond donors (Lipinski definition) is 1. The molecule has 1 fully saturated rings. The molecule has 3 nitrogen and oxygen atoms in total. The second-order valence-electron chi connectivity index (χ2n) is 3.96. The summed E-state index contributed by atoms with van der Waals surface area (Å²) >= 11 is 0. The highest BCUT2D eigenvalue weighted by Gasteiger charge is 2.18. The van der Waals surface area contributed by atoms with E-state index < -0.39 is 0 Å². The average Bonchev–Trinajstić information content (AvgIpc) is 2.67. The molecule has 0 aliphatic heterocycles. The second-order valence-corrected chi connectivity index (χ2v) is 3.96. The van der Waals surface area contributed by atoms with E-state index in [1.165, 1.54) is 18.9 Å². The first kappa shape index (κ1) is 9.31. The Morgan fingerprint density at radius 2 is 2.07 bits per heavy atom. The Hall–Kier alpha value is -1.25. The fourth-order valence-corrected chi connectivity index (χ4v) is 2.22. The maximum absolute atomic E-state index is 11.1. The van der Waals surface area contributed by atoms with Crippen LogP contribution in [0, 0.1) is 6.92 Å². The Labute approximate surface area is 83.0 Å². The number of aromatic nitrogens is 1. The van der Waals surface area contributed by atoms with Gasteiger partial charge in [-0.15, -0.1) is 0 Å². The van der Waals surface area contributed by atoms with Crippen LogP contribution in [0.1, 0.15) is 37.4 Å². The standard InChI is InChI=1S/C11H15NO2/c1-8-11(14)10(13)6-7-12(8)9-4-2-3-5-9/h6-7,9,14H,2-5H2,1H3. The third kappa shape index (κ3) is 1.43. The van der Waals surface area contributed by atoms with E-state index in [9.17, 15) is 9.90 Å². The van der Waals surface area contributed by atoms with Crippen LogP contribution in [0.4, 0.5) is 0 Å². The third-order valence-electron chi connectivity index (χ3n) is 3.07. The van der Waals surface area contributed by atoms with Crippen LogP contribution in [-0.2, 0) is 0 Å². The summed E-state index contributed by atoms with van der Waals surface area (Å²) in [5, 5.41) is 9.51. The van der Waals surface area contributed by atoms with Crippen LogP contribution in [0.3, 0.4) is 0 Å². The molecule has 1 aliphatic rings. The van der Waals surface area contributed by atoms with Crippen molar-refractivity contribution >= 4 is 0 Å².